The van der Waals surface area contributed by atoms with E-state index in [9.17, 15) is 8.42 Å². The molecule has 0 fully saturated rings. The third-order valence-electron chi connectivity index (χ3n) is 2.61. The standard InChI is InChI=1S/C12H19NO3S/c1-2-11-8-12(10-13-9-11)17(15,16)7-5-3-4-6-14/h8-10,14H,2-7H2,1H3. The summed E-state index contributed by atoms with van der Waals surface area (Å²) < 4.78 is 23.9. The molecule has 1 aromatic rings. The van der Waals surface area contributed by atoms with E-state index in [4.69, 9.17) is 5.11 Å². The van der Waals surface area contributed by atoms with Crippen LogP contribution in [0.3, 0.4) is 0 Å². The molecule has 0 unspecified atom stereocenters. The van der Waals surface area contributed by atoms with Crippen LogP contribution in [-0.2, 0) is 16.3 Å². The molecular weight excluding hydrogens is 238 g/mol. The van der Waals surface area contributed by atoms with Crippen LogP contribution in [0.4, 0.5) is 0 Å². The topological polar surface area (TPSA) is 67.3 Å². The van der Waals surface area contributed by atoms with E-state index in [0.29, 0.717) is 17.7 Å². The minimum Gasteiger partial charge on any atom is -0.396 e. The summed E-state index contributed by atoms with van der Waals surface area (Å²) in [5.74, 6) is 0.127. The van der Waals surface area contributed by atoms with Crippen LogP contribution < -0.4 is 0 Å². The fourth-order valence-electron chi connectivity index (χ4n) is 1.53. The fourth-order valence-corrected chi connectivity index (χ4v) is 2.90. The molecule has 1 heterocycles. The van der Waals surface area contributed by atoms with E-state index in [-0.39, 0.29) is 12.4 Å². The number of sulfone groups is 1. The number of nitrogens with zero attached hydrogens (tertiary/aromatic N) is 1. The van der Waals surface area contributed by atoms with Crippen molar-refractivity contribution in [1.29, 1.82) is 0 Å². The van der Waals surface area contributed by atoms with E-state index in [1.807, 2.05) is 6.92 Å². The van der Waals surface area contributed by atoms with Gasteiger partial charge in [0.2, 0.25) is 0 Å². The van der Waals surface area contributed by atoms with Gasteiger partial charge in [0.1, 0.15) is 0 Å². The number of unbranched alkanes of at least 4 members (excludes halogenated alkanes) is 2. The fraction of sp³-hybridized carbons (Fsp3) is 0.583. The van der Waals surface area contributed by atoms with Crippen LogP contribution in [-0.4, -0.2) is 30.9 Å². The number of aryl methyl sites for hydroxylation is 1. The Hall–Kier alpha value is -0.940. The molecule has 4 nitrogen and oxygen atoms in total. The zero-order valence-corrected chi connectivity index (χ0v) is 10.9. The highest BCUT2D eigenvalue weighted by Gasteiger charge is 2.14. The molecule has 0 radical (unpaired) electrons. The Morgan fingerprint density at radius 3 is 2.65 bits per heavy atom. The molecule has 0 saturated carbocycles. The van der Waals surface area contributed by atoms with E-state index >= 15 is 0 Å². The van der Waals surface area contributed by atoms with Crippen LogP contribution in [0.5, 0.6) is 0 Å². The van der Waals surface area contributed by atoms with Crippen LogP contribution in [0.1, 0.15) is 31.7 Å². The Bertz CT molecular complexity index is 443. The first-order valence-electron chi connectivity index (χ1n) is 5.87. The molecule has 0 aliphatic heterocycles. The van der Waals surface area contributed by atoms with Gasteiger partial charge >= 0.3 is 0 Å². The normalized spacial score (nSPS) is 11.6. The highest BCUT2D eigenvalue weighted by Crippen LogP contribution is 2.14. The van der Waals surface area contributed by atoms with Crippen molar-refractivity contribution in [3.05, 3.63) is 24.0 Å². The maximum atomic E-state index is 12.0. The largest absolute Gasteiger partial charge is 0.396 e. The van der Waals surface area contributed by atoms with Gasteiger partial charge in [0.15, 0.2) is 9.84 Å². The van der Waals surface area contributed by atoms with Crippen LogP contribution >= 0.6 is 0 Å². The average molecular weight is 257 g/mol. The van der Waals surface area contributed by atoms with Crippen LogP contribution in [0.15, 0.2) is 23.4 Å². The molecule has 0 amide bonds. The second-order valence-corrected chi connectivity index (χ2v) is 6.09. The minimum atomic E-state index is -3.22. The van der Waals surface area contributed by atoms with Crippen molar-refractivity contribution in [2.24, 2.45) is 0 Å². The van der Waals surface area contributed by atoms with Gasteiger partial charge in [0.25, 0.3) is 0 Å². The lowest BCUT2D eigenvalue weighted by Gasteiger charge is -2.05. The molecule has 96 valence electrons. The van der Waals surface area contributed by atoms with Crippen molar-refractivity contribution in [2.45, 2.75) is 37.5 Å². The maximum Gasteiger partial charge on any atom is 0.179 e. The van der Waals surface area contributed by atoms with Crippen LogP contribution in [0.2, 0.25) is 0 Å². The van der Waals surface area contributed by atoms with Gasteiger partial charge in [-0.1, -0.05) is 13.3 Å². The SMILES string of the molecule is CCc1cncc(S(=O)(=O)CCCCCO)c1. The van der Waals surface area contributed by atoms with Crippen molar-refractivity contribution in [2.75, 3.05) is 12.4 Å². The number of aromatic nitrogens is 1. The molecule has 0 aliphatic rings. The van der Waals surface area contributed by atoms with E-state index in [2.05, 4.69) is 4.98 Å². The van der Waals surface area contributed by atoms with Crippen molar-refractivity contribution in [3.63, 3.8) is 0 Å². The van der Waals surface area contributed by atoms with E-state index in [1.54, 1.807) is 12.3 Å². The second-order valence-electron chi connectivity index (χ2n) is 3.99. The average Bonchev–Trinajstić information content (AvgIpc) is 2.35. The lowest BCUT2D eigenvalue weighted by Crippen LogP contribution is -2.08. The Kier molecular flexibility index (Phi) is 5.58. The molecule has 0 aromatic carbocycles. The third-order valence-corrected chi connectivity index (χ3v) is 4.38. The zero-order valence-electron chi connectivity index (χ0n) is 10.1. The summed E-state index contributed by atoms with van der Waals surface area (Å²) in [7, 11) is -3.22. The summed E-state index contributed by atoms with van der Waals surface area (Å²) in [5.41, 5.74) is 0.932. The van der Waals surface area contributed by atoms with E-state index in [0.717, 1.165) is 18.4 Å². The lowest BCUT2D eigenvalue weighted by atomic mass is 10.2. The molecular formula is C12H19NO3S. The summed E-state index contributed by atoms with van der Waals surface area (Å²) in [4.78, 5) is 4.25. The first-order valence-corrected chi connectivity index (χ1v) is 7.53. The summed E-state index contributed by atoms with van der Waals surface area (Å²) in [5, 5.41) is 8.62. The summed E-state index contributed by atoms with van der Waals surface area (Å²) in [6.45, 7) is 2.08. The van der Waals surface area contributed by atoms with Gasteiger partial charge < -0.3 is 5.11 Å². The Balaban J connectivity index is 2.68. The number of pyridine rings is 1. The van der Waals surface area contributed by atoms with Gasteiger partial charge in [0, 0.05) is 19.0 Å². The summed E-state index contributed by atoms with van der Waals surface area (Å²) >= 11 is 0. The maximum absolute atomic E-state index is 12.0. The molecule has 1 rings (SSSR count). The predicted octanol–water partition coefficient (Wildman–Crippen LogP) is 1.58. The molecule has 1 aromatic heterocycles. The van der Waals surface area contributed by atoms with Gasteiger partial charge in [-0.25, -0.2) is 8.42 Å². The van der Waals surface area contributed by atoms with Gasteiger partial charge in [-0.15, -0.1) is 0 Å². The van der Waals surface area contributed by atoms with Crippen molar-refractivity contribution >= 4 is 9.84 Å². The Morgan fingerprint density at radius 2 is 2.00 bits per heavy atom. The van der Waals surface area contributed by atoms with Crippen molar-refractivity contribution in [1.82, 2.24) is 4.98 Å². The molecule has 5 heteroatoms. The Morgan fingerprint density at radius 1 is 1.24 bits per heavy atom. The highest BCUT2D eigenvalue weighted by molar-refractivity contribution is 7.91. The van der Waals surface area contributed by atoms with Gasteiger partial charge in [-0.05, 0) is 30.9 Å². The van der Waals surface area contributed by atoms with Gasteiger partial charge in [-0.3, -0.25) is 4.98 Å². The number of rotatable bonds is 7. The second kappa shape index (κ2) is 6.71. The highest BCUT2D eigenvalue weighted by atomic mass is 32.2. The van der Waals surface area contributed by atoms with Crippen LogP contribution in [0, 0.1) is 0 Å². The van der Waals surface area contributed by atoms with Gasteiger partial charge in [0.05, 0.1) is 10.6 Å². The first-order chi connectivity index (χ1) is 8.10. The number of aliphatic hydroxyl groups excluding tert-OH is 1. The molecule has 0 spiro atoms. The predicted molar refractivity (Wildman–Crippen MR) is 66.6 cm³/mol. The minimum absolute atomic E-state index is 0.118. The molecule has 0 atom stereocenters. The van der Waals surface area contributed by atoms with Gasteiger partial charge in [-0.2, -0.15) is 0 Å². The Labute approximate surface area is 103 Å². The molecule has 0 saturated heterocycles. The molecule has 17 heavy (non-hydrogen) atoms. The number of hydrogen-bond donors (Lipinski definition) is 1. The van der Waals surface area contributed by atoms with E-state index < -0.39 is 9.84 Å². The molecule has 0 bridgehead atoms. The quantitative estimate of drug-likeness (QED) is 0.753. The molecule has 0 aliphatic carbocycles. The van der Waals surface area contributed by atoms with Crippen LogP contribution in [0.25, 0.3) is 0 Å². The number of aliphatic hydroxyl groups is 1. The number of hydrogen-bond acceptors (Lipinski definition) is 4. The molecule has 1 N–H and O–H groups in total. The van der Waals surface area contributed by atoms with Crippen molar-refractivity contribution in [3.8, 4) is 0 Å². The smallest absolute Gasteiger partial charge is 0.179 e. The zero-order chi connectivity index (χ0) is 12.7. The third kappa shape index (κ3) is 4.44. The summed E-state index contributed by atoms with van der Waals surface area (Å²) in [6, 6.07) is 1.69. The van der Waals surface area contributed by atoms with Crippen molar-refractivity contribution < 1.29 is 13.5 Å². The van der Waals surface area contributed by atoms with E-state index in [1.165, 1.54) is 6.20 Å². The first kappa shape index (κ1) is 14.1. The summed E-state index contributed by atoms with van der Waals surface area (Å²) in [6.07, 6.45) is 5.84. The monoisotopic (exact) mass is 257 g/mol. The lowest BCUT2D eigenvalue weighted by molar-refractivity contribution is 0.284.